The molecular formula is C22H24ClF3N8. The van der Waals surface area contributed by atoms with Crippen molar-refractivity contribution in [3.05, 3.63) is 53.2 Å². The highest BCUT2D eigenvalue weighted by Crippen LogP contribution is 2.31. The van der Waals surface area contributed by atoms with E-state index in [1.807, 2.05) is 20.2 Å². The standard InChI is InChI=1S/C22H24ClF3N8/c1-14-13-33(18-17(23)5-4-10-27-18)11-12-34(14)21-30-19(29-20(31-21)32(2)3)28-16-8-6-15(7-9-16)22(24,25)26/h4-10,14H,11-13H2,1-3H3,(H,28,29,30,31). The summed E-state index contributed by atoms with van der Waals surface area (Å²) in [6.45, 7) is 4.03. The minimum Gasteiger partial charge on any atom is -0.352 e. The van der Waals surface area contributed by atoms with Crippen molar-refractivity contribution in [1.29, 1.82) is 0 Å². The van der Waals surface area contributed by atoms with E-state index in [1.165, 1.54) is 12.1 Å². The van der Waals surface area contributed by atoms with E-state index in [0.29, 0.717) is 42.2 Å². The molecule has 0 saturated carbocycles. The number of piperazine rings is 1. The highest BCUT2D eigenvalue weighted by atomic mass is 35.5. The van der Waals surface area contributed by atoms with Crippen LogP contribution in [-0.4, -0.2) is 59.7 Å². The molecule has 1 saturated heterocycles. The number of benzene rings is 1. The lowest BCUT2D eigenvalue weighted by Crippen LogP contribution is -2.53. The molecule has 1 aliphatic rings. The summed E-state index contributed by atoms with van der Waals surface area (Å²) in [5.41, 5.74) is -0.277. The summed E-state index contributed by atoms with van der Waals surface area (Å²) in [5, 5.41) is 3.59. The third-order valence-corrected chi connectivity index (χ3v) is 5.70. The number of anilines is 5. The first-order valence-electron chi connectivity index (χ1n) is 10.6. The number of aromatic nitrogens is 4. The Kier molecular flexibility index (Phi) is 6.65. The molecule has 0 aliphatic carbocycles. The van der Waals surface area contributed by atoms with Crippen LogP contribution in [0.15, 0.2) is 42.6 Å². The number of pyridine rings is 1. The molecule has 180 valence electrons. The van der Waals surface area contributed by atoms with Gasteiger partial charge in [-0.2, -0.15) is 28.1 Å². The van der Waals surface area contributed by atoms with Gasteiger partial charge in [-0.15, -0.1) is 0 Å². The van der Waals surface area contributed by atoms with Gasteiger partial charge in [-0.1, -0.05) is 11.6 Å². The number of halogens is 4. The Bertz CT molecular complexity index is 1140. The molecule has 1 aliphatic heterocycles. The average Bonchev–Trinajstić information content (AvgIpc) is 2.79. The molecule has 3 heterocycles. The summed E-state index contributed by atoms with van der Waals surface area (Å²) in [7, 11) is 3.62. The molecule has 8 nitrogen and oxygen atoms in total. The summed E-state index contributed by atoms with van der Waals surface area (Å²) in [4.78, 5) is 23.9. The minimum absolute atomic E-state index is 0.0446. The molecular weight excluding hydrogens is 469 g/mol. The number of nitrogens with one attached hydrogen (secondary N) is 1. The van der Waals surface area contributed by atoms with Crippen LogP contribution in [0.5, 0.6) is 0 Å². The molecule has 3 aromatic rings. The zero-order valence-corrected chi connectivity index (χ0v) is 19.6. The van der Waals surface area contributed by atoms with Crippen LogP contribution in [0.1, 0.15) is 12.5 Å². The first kappa shape index (κ1) is 23.8. The lowest BCUT2D eigenvalue weighted by Gasteiger charge is -2.40. The summed E-state index contributed by atoms with van der Waals surface area (Å²) in [6, 6.07) is 8.38. The van der Waals surface area contributed by atoms with E-state index in [9.17, 15) is 13.2 Å². The lowest BCUT2D eigenvalue weighted by molar-refractivity contribution is -0.137. The Balaban J connectivity index is 1.56. The van der Waals surface area contributed by atoms with Crippen LogP contribution in [0, 0.1) is 0 Å². The van der Waals surface area contributed by atoms with Crippen LogP contribution in [0.3, 0.4) is 0 Å². The monoisotopic (exact) mass is 492 g/mol. The van der Waals surface area contributed by atoms with E-state index >= 15 is 0 Å². The largest absolute Gasteiger partial charge is 0.416 e. The van der Waals surface area contributed by atoms with Crippen molar-refractivity contribution >= 4 is 41.0 Å². The highest BCUT2D eigenvalue weighted by molar-refractivity contribution is 6.32. The van der Waals surface area contributed by atoms with E-state index in [1.54, 1.807) is 17.2 Å². The van der Waals surface area contributed by atoms with Crippen LogP contribution in [0.2, 0.25) is 5.02 Å². The Hall–Kier alpha value is -3.34. The van der Waals surface area contributed by atoms with E-state index in [4.69, 9.17) is 11.6 Å². The molecule has 0 bridgehead atoms. The van der Waals surface area contributed by atoms with Crippen molar-refractivity contribution in [1.82, 2.24) is 19.9 Å². The molecule has 1 N–H and O–H groups in total. The fraction of sp³-hybridized carbons (Fsp3) is 0.364. The number of hydrogen-bond acceptors (Lipinski definition) is 8. The van der Waals surface area contributed by atoms with Gasteiger partial charge in [-0.05, 0) is 43.3 Å². The Morgan fingerprint density at radius 2 is 1.79 bits per heavy atom. The molecule has 1 fully saturated rings. The third-order valence-electron chi connectivity index (χ3n) is 5.40. The molecule has 34 heavy (non-hydrogen) atoms. The van der Waals surface area contributed by atoms with E-state index < -0.39 is 11.7 Å². The van der Waals surface area contributed by atoms with Gasteiger partial charge < -0.3 is 20.0 Å². The lowest BCUT2D eigenvalue weighted by atomic mass is 10.2. The first-order chi connectivity index (χ1) is 16.1. The fourth-order valence-electron chi connectivity index (χ4n) is 3.67. The second-order valence-electron chi connectivity index (χ2n) is 8.15. The van der Waals surface area contributed by atoms with Gasteiger partial charge in [0.15, 0.2) is 0 Å². The number of nitrogens with zero attached hydrogens (tertiary/aromatic N) is 7. The molecule has 0 spiro atoms. The van der Waals surface area contributed by atoms with E-state index in [0.717, 1.165) is 18.0 Å². The van der Waals surface area contributed by atoms with Crippen LogP contribution in [0.25, 0.3) is 0 Å². The van der Waals surface area contributed by atoms with Gasteiger partial charge in [0, 0.05) is 51.7 Å². The van der Waals surface area contributed by atoms with Crippen molar-refractivity contribution in [2.45, 2.75) is 19.1 Å². The van der Waals surface area contributed by atoms with Gasteiger partial charge >= 0.3 is 6.18 Å². The topological polar surface area (TPSA) is 73.3 Å². The summed E-state index contributed by atoms with van der Waals surface area (Å²) in [5.74, 6) is 1.90. The van der Waals surface area contributed by atoms with Gasteiger partial charge in [-0.25, -0.2) is 4.98 Å². The third kappa shape index (κ3) is 5.24. The first-order valence-corrected chi connectivity index (χ1v) is 11.0. The van der Waals surface area contributed by atoms with Crippen molar-refractivity contribution in [3.63, 3.8) is 0 Å². The summed E-state index contributed by atoms with van der Waals surface area (Å²) < 4.78 is 38.6. The normalized spacial score (nSPS) is 16.5. The maximum atomic E-state index is 12.9. The number of alkyl halides is 3. The van der Waals surface area contributed by atoms with Crippen molar-refractivity contribution in [3.8, 4) is 0 Å². The predicted octanol–water partition coefficient (Wildman–Crippen LogP) is 4.46. The van der Waals surface area contributed by atoms with Crippen LogP contribution in [0.4, 0.5) is 42.5 Å². The molecule has 4 rings (SSSR count). The molecule has 1 unspecified atom stereocenters. The van der Waals surface area contributed by atoms with E-state index in [2.05, 4.69) is 42.0 Å². The van der Waals surface area contributed by atoms with Crippen molar-refractivity contribution in [2.75, 3.05) is 53.7 Å². The Morgan fingerprint density at radius 3 is 2.41 bits per heavy atom. The molecule has 12 heteroatoms. The van der Waals surface area contributed by atoms with Gasteiger partial charge in [0.25, 0.3) is 0 Å². The van der Waals surface area contributed by atoms with Crippen LogP contribution in [-0.2, 0) is 6.18 Å². The fourth-order valence-corrected chi connectivity index (χ4v) is 3.91. The van der Waals surface area contributed by atoms with Crippen molar-refractivity contribution in [2.24, 2.45) is 0 Å². The minimum atomic E-state index is -4.39. The van der Waals surface area contributed by atoms with Crippen molar-refractivity contribution < 1.29 is 13.2 Å². The summed E-state index contributed by atoms with van der Waals surface area (Å²) in [6.07, 6.45) is -2.68. The molecule has 2 aromatic heterocycles. The number of rotatable bonds is 5. The average molecular weight is 493 g/mol. The van der Waals surface area contributed by atoms with Gasteiger partial charge in [0.05, 0.1) is 10.6 Å². The SMILES string of the molecule is CC1CN(c2ncccc2Cl)CCN1c1nc(Nc2ccc(C(F)(F)F)cc2)nc(N(C)C)n1. The predicted molar refractivity (Wildman–Crippen MR) is 127 cm³/mol. The summed E-state index contributed by atoms with van der Waals surface area (Å²) >= 11 is 6.32. The maximum absolute atomic E-state index is 12.9. The molecule has 0 amide bonds. The number of hydrogen-bond donors (Lipinski definition) is 1. The van der Waals surface area contributed by atoms with Gasteiger partial charge in [-0.3, -0.25) is 0 Å². The highest BCUT2D eigenvalue weighted by Gasteiger charge is 2.30. The molecule has 0 radical (unpaired) electrons. The molecule has 1 atom stereocenters. The van der Waals surface area contributed by atoms with Gasteiger partial charge in [0.2, 0.25) is 17.8 Å². The maximum Gasteiger partial charge on any atom is 0.416 e. The second kappa shape index (κ2) is 9.49. The van der Waals surface area contributed by atoms with Crippen LogP contribution < -0.4 is 20.0 Å². The quantitative estimate of drug-likeness (QED) is 0.559. The zero-order chi connectivity index (χ0) is 24.5. The molecule has 1 aromatic carbocycles. The van der Waals surface area contributed by atoms with Gasteiger partial charge in [0.1, 0.15) is 5.82 Å². The van der Waals surface area contributed by atoms with Crippen LogP contribution >= 0.6 is 11.6 Å². The second-order valence-corrected chi connectivity index (χ2v) is 8.56. The zero-order valence-electron chi connectivity index (χ0n) is 18.9. The smallest absolute Gasteiger partial charge is 0.352 e. The Labute approximate surface area is 200 Å². The Morgan fingerprint density at radius 1 is 1.06 bits per heavy atom. The van der Waals surface area contributed by atoms with E-state index in [-0.39, 0.29) is 12.0 Å².